The van der Waals surface area contributed by atoms with E-state index in [1.54, 1.807) is 48.5 Å². The summed E-state index contributed by atoms with van der Waals surface area (Å²) in [5.41, 5.74) is 5.32. The summed E-state index contributed by atoms with van der Waals surface area (Å²) in [6.07, 6.45) is -4.75. The number of anilines is 1. The van der Waals surface area contributed by atoms with Gasteiger partial charge in [-0.3, -0.25) is 4.57 Å². The summed E-state index contributed by atoms with van der Waals surface area (Å²) >= 11 is 1.85. The van der Waals surface area contributed by atoms with Gasteiger partial charge in [-0.25, -0.2) is 18.8 Å². The maximum Gasteiger partial charge on any atom is 0.351 e. The fourth-order valence-electron chi connectivity index (χ4n) is 3.41. The van der Waals surface area contributed by atoms with E-state index in [-0.39, 0.29) is 11.4 Å². The predicted octanol–water partition coefficient (Wildman–Crippen LogP) is 2.75. The van der Waals surface area contributed by atoms with Crippen molar-refractivity contribution in [3.8, 4) is 0 Å². The van der Waals surface area contributed by atoms with Crippen LogP contribution in [0.2, 0.25) is 0 Å². The third-order valence-electron chi connectivity index (χ3n) is 5.12. The minimum absolute atomic E-state index is 0.00403. The van der Waals surface area contributed by atoms with Crippen molar-refractivity contribution in [3.63, 3.8) is 0 Å². The lowest BCUT2D eigenvalue weighted by molar-refractivity contribution is -0.0592. The van der Waals surface area contributed by atoms with Gasteiger partial charge in [-0.15, -0.1) is 0 Å². The van der Waals surface area contributed by atoms with Crippen molar-refractivity contribution in [2.75, 3.05) is 12.3 Å². The smallest absolute Gasteiger partial charge is 0.351 e. The topological polar surface area (TPSA) is 123 Å². The average molecular weight is 579 g/mol. The summed E-state index contributed by atoms with van der Waals surface area (Å²) in [6.45, 7) is -0.411. The van der Waals surface area contributed by atoms with Crippen LogP contribution in [0.1, 0.15) is 26.9 Å². The second kappa shape index (κ2) is 10.3. The normalized spacial score (nSPS) is 21.7. The number of ether oxygens (including phenoxy) is 3. The maximum absolute atomic E-state index is 15.6. The Bertz CT molecular complexity index is 1240. The summed E-state index contributed by atoms with van der Waals surface area (Å²) in [7, 11) is 0. The molecule has 0 amide bonds. The molecule has 4 atom stereocenters. The highest BCUT2D eigenvalue weighted by Crippen LogP contribution is 2.34. The maximum atomic E-state index is 15.6. The van der Waals surface area contributed by atoms with Crippen molar-refractivity contribution in [1.29, 1.82) is 0 Å². The number of nitrogens with two attached hydrogens (primary N) is 1. The van der Waals surface area contributed by atoms with Crippen molar-refractivity contribution < 1.29 is 28.2 Å². The van der Waals surface area contributed by atoms with E-state index in [9.17, 15) is 14.4 Å². The van der Waals surface area contributed by atoms with Gasteiger partial charge < -0.3 is 19.9 Å². The number of benzene rings is 2. The molecule has 1 aromatic heterocycles. The number of esters is 2. The number of halogens is 2. The highest BCUT2D eigenvalue weighted by atomic mass is 127. The van der Waals surface area contributed by atoms with Crippen molar-refractivity contribution in [2.24, 2.45) is 0 Å². The van der Waals surface area contributed by atoms with Crippen LogP contribution < -0.4 is 11.4 Å². The lowest BCUT2D eigenvalue weighted by Crippen LogP contribution is -2.38. The molecule has 2 heterocycles. The molecule has 11 heteroatoms. The SMILES string of the molecule is Nc1nc(=O)n([C@@H]2O[C@H](COC(=O)c3ccccc3)[C@@H](OC(=O)c3ccccc3)[C@@H]2F)cc1I. The zero-order chi connectivity index (χ0) is 24.2. The van der Waals surface area contributed by atoms with Crippen molar-refractivity contribution in [1.82, 2.24) is 9.55 Å². The summed E-state index contributed by atoms with van der Waals surface area (Å²) in [5.74, 6) is -1.44. The summed E-state index contributed by atoms with van der Waals surface area (Å²) < 4.78 is 33.3. The van der Waals surface area contributed by atoms with Crippen LogP contribution in [-0.4, -0.2) is 46.5 Å². The first-order chi connectivity index (χ1) is 16.3. The molecular formula is C23H19FIN3O6. The number of alkyl halides is 1. The van der Waals surface area contributed by atoms with Crippen molar-refractivity contribution >= 4 is 40.3 Å². The van der Waals surface area contributed by atoms with E-state index in [1.165, 1.54) is 18.3 Å². The number of hydrogen-bond donors (Lipinski definition) is 1. The Morgan fingerprint density at radius 1 is 1.06 bits per heavy atom. The molecule has 176 valence electrons. The van der Waals surface area contributed by atoms with Gasteiger partial charge in [0.25, 0.3) is 0 Å². The molecule has 34 heavy (non-hydrogen) atoms. The molecule has 1 fully saturated rings. The fourth-order valence-corrected chi connectivity index (χ4v) is 3.83. The van der Waals surface area contributed by atoms with Crippen LogP contribution in [0.25, 0.3) is 0 Å². The highest BCUT2D eigenvalue weighted by molar-refractivity contribution is 14.1. The van der Waals surface area contributed by atoms with E-state index in [0.717, 1.165) is 4.57 Å². The molecule has 0 aliphatic carbocycles. The molecule has 0 bridgehead atoms. The minimum Gasteiger partial charge on any atom is -0.459 e. The van der Waals surface area contributed by atoms with E-state index in [1.807, 2.05) is 22.6 Å². The molecule has 0 saturated carbocycles. The third kappa shape index (κ3) is 5.09. The zero-order valence-electron chi connectivity index (χ0n) is 17.5. The highest BCUT2D eigenvalue weighted by Gasteiger charge is 2.49. The van der Waals surface area contributed by atoms with Crippen LogP contribution in [0, 0.1) is 3.57 Å². The van der Waals surface area contributed by atoms with E-state index >= 15 is 4.39 Å². The van der Waals surface area contributed by atoms with Crippen LogP contribution in [0.5, 0.6) is 0 Å². The molecule has 9 nitrogen and oxygen atoms in total. The van der Waals surface area contributed by atoms with Gasteiger partial charge in [0.05, 0.1) is 14.7 Å². The molecule has 0 radical (unpaired) electrons. The van der Waals surface area contributed by atoms with Gasteiger partial charge in [-0.2, -0.15) is 4.98 Å². The number of carbonyl (C=O) groups is 2. The quantitative estimate of drug-likeness (QED) is 0.350. The molecule has 3 aromatic rings. The zero-order valence-corrected chi connectivity index (χ0v) is 19.7. The Hall–Kier alpha value is -3.32. The van der Waals surface area contributed by atoms with Gasteiger partial charge in [0.1, 0.15) is 18.5 Å². The van der Waals surface area contributed by atoms with Gasteiger partial charge in [-0.1, -0.05) is 36.4 Å². The predicted molar refractivity (Wildman–Crippen MR) is 127 cm³/mol. The Labute approximate surface area is 206 Å². The number of hydrogen-bond acceptors (Lipinski definition) is 8. The molecule has 1 aliphatic heterocycles. The van der Waals surface area contributed by atoms with Crippen LogP contribution >= 0.6 is 22.6 Å². The number of carbonyl (C=O) groups excluding carboxylic acids is 2. The summed E-state index contributed by atoms with van der Waals surface area (Å²) in [4.78, 5) is 41.0. The Morgan fingerprint density at radius 3 is 2.26 bits per heavy atom. The van der Waals surface area contributed by atoms with E-state index < -0.39 is 48.8 Å². The molecule has 4 rings (SSSR count). The number of nitrogen functional groups attached to an aromatic ring is 1. The van der Waals surface area contributed by atoms with Crippen LogP contribution in [-0.2, 0) is 14.2 Å². The average Bonchev–Trinajstić information content (AvgIpc) is 3.15. The monoisotopic (exact) mass is 579 g/mol. The second-order valence-corrected chi connectivity index (χ2v) is 8.54. The first-order valence-electron chi connectivity index (χ1n) is 10.2. The van der Waals surface area contributed by atoms with Gasteiger partial charge >= 0.3 is 17.6 Å². The van der Waals surface area contributed by atoms with Crippen LogP contribution in [0.4, 0.5) is 10.2 Å². The number of aromatic nitrogens is 2. The molecule has 1 saturated heterocycles. The van der Waals surface area contributed by atoms with Crippen LogP contribution in [0.15, 0.2) is 71.7 Å². The Balaban J connectivity index is 1.58. The van der Waals surface area contributed by atoms with E-state index in [4.69, 9.17) is 19.9 Å². The third-order valence-corrected chi connectivity index (χ3v) is 5.95. The Morgan fingerprint density at radius 2 is 1.65 bits per heavy atom. The lowest BCUT2D eigenvalue weighted by atomic mass is 10.1. The standard InChI is InChI=1S/C23H19FIN3O6/c24-17-18(34-22(30)14-9-5-2-6-10-14)16(12-32-21(29)13-7-3-1-4-8-13)33-20(17)28-11-15(25)19(26)27-23(28)31/h1-11,16-18,20H,12H2,(H2,26,27,31)/t16-,17+,18-,20-/m1/s1. The molecular weight excluding hydrogens is 560 g/mol. The fraction of sp³-hybridized carbons (Fsp3) is 0.217. The summed E-state index contributed by atoms with van der Waals surface area (Å²) in [5, 5.41) is 0. The van der Waals surface area contributed by atoms with E-state index in [0.29, 0.717) is 9.13 Å². The van der Waals surface area contributed by atoms with Crippen LogP contribution in [0.3, 0.4) is 0 Å². The van der Waals surface area contributed by atoms with Gasteiger partial charge in [0.15, 0.2) is 18.5 Å². The minimum atomic E-state index is -1.95. The van der Waals surface area contributed by atoms with Gasteiger partial charge in [-0.05, 0) is 46.9 Å². The second-order valence-electron chi connectivity index (χ2n) is 7.37. The van der Waals surface area contributed by atoms with E-state index in [2.05, 4.69) is 4.98 Å². The molecule has 0 unspecified atom stereocenters. The molecule has 2 N–H and O–H groups in total. The molecule has 2 aromatic carbocycles. The number of nitrogens with zero attached hydrogens (tertiary/aromatic N) is 2. The molecule has 1 aliphatic rings. The van der Waals surface area contributed by atoms with Crippen molar-refractivity contribution in [2.45, 2.75) is 24.6 Å². The number of rotatable bonds is 6. The summed E-state index contributed by atoms with van der Waals surface area (Å²) in [6, 6.07) is 16.2. The Kier molecular flexibility index (Phi) is 7.22. The van der Waals surface area contributed by atoms with Gasteiger partial charge in [0, 0.05) is 6.20 Å². The largest absolute Gasteiger partial charge is 0.459 e. The first kappa shape index (κ1) is 23.8. The first-order valence-corrected chi connectivity index (χ1v) is 11.2. The van der Waals surface area contributed by atoms with Crippen molar-refractivity contribution in [3.05, 3.63) is 92.0 Å². The molecule has 0 spiro atoms. The lowest BCUT2D eigenvalue weighted by Gasteiger charge is -2.19. The van der Waals surface area contributed by atoms with Gasteiger partial charge in [0.2, 0.25) is 0 Å².